The first-order chi connectivity index (χ1) is 8.41. The van der Waals surface area contributed by atoms with Crippen molar-refractivity contribution in [1.82, 2.24) is 0 Å². The lowest BCUT2D eigenvalue weighted by atomic mass is 10.1. The number of aliphatic hydroxyl groups excluding tert-OH is 1. The minimum atomic E-state index is -1.57. The van der Waals surface area contributed by atoms with Crippen molar-refractivity contribution in [3.05, 3.63) is 57.8 Å². The average Bonchev–Trinajstić information content (AvgIpc) is 2.35. The summed E-state index contributed by atoms with van der Waals surface area (Å²) in [7, 11) is 0. The Morgan fingerprint density at radius 3 is 2.11 bits per heavy atom. The number of carbonyl (C=O) groups excluding carboxylic acids is 1. The van der Waals surface area contributed by atoms with Crippen LogP contribution in [0.5, 0.6) is 0 Å². The van der Waals surface area contributed by atoms with Crippen LogP contribution in [0.4, 0.5) is 0 Å². The van der Waals surface area contributed by atoms with E-state index in [1.165, 1.54) is 12.1 Å². The Balaban J connectivity index is 2.86. The second-order valence-corrected chi connectivity index (χ2v) is 4.05. The maximum Gasteiger partial charge on any atom is 0.372 e. The van der Waals surface area contributed by atoms with E-state index in [0.29, 0.717) is 10.6 Å². The molecule has 0 radical (unpaired) electrons. The lowest BCUT2D eigenvalue weighted by Gasteiger charge is -1.96. The molecule has 94 valence electrons. The molecule has 0 aliphatic rings. The van der Waals surface area contributed by atoms with Gasteiger partial charge in [0.25, 0.3) is 0 Å². The van der Waals surface area contributed by atoms with E-state index in [-0.39, 0.29) is 5.78 Å². The molecule has 0 aliphatic heterocycles. The molecule has 1 rings (SSSR count). The first-order valence-corrected chi connectivity index (χ1v) is 5.47. The average molecular weight is 287 g/mol. The smallest absolute Gasteiger partial charge is 0.372 e. The van der Waals surface area contributed by atoms with Crippen molar-refractivity contribution in [1.29, 1.82) is 0 Å². The van der Waals surface area contributed by atoms with Gasteiger partial charge in [0.15, 0.2) is 5.78 Å². The Labute approximate surface area is 113 Å². The molecule has 0 spiro atoms. The van der Waals surface area contributed by atoms with E-state index in [9.17, 15) is 9.59 Å². The number of carboxylic acids is 1. The summed E-state index contributed by atoms with van der Waals surface area (Å²) in [5.74, 6) is -2.97. The Morgan fingerprint density at radius 2 is 1.61 bits per heavy atom. The lowest BCUT2D eigenvalue weighted by molar-refractivity contribution is -0.135. The van der Waals surface area contributed by atoms with Gasteiger partial charge in [0, 0.05) is 10.6 Å². The third-order valence-electron chi connectivity index (χ3n) is 1.94. The first-order valence-electron chi connectivity index (χ1n) is 4.72. The van der Waals surface area contributed by atoms with Gasteiger partial charge in [0.2, 0.25) is 5.76 Å². The number of allylic oxidation sites excluding steroid dienone is 3. The molecule has 0 heterocycles. The molecule has 0 unspecified atom stereocenters. The largest absolute Gasteiger partial charge is 0.501 e. The number of benzene rings is 1. The molecule has 1 aromatic rings. The fourth-order valence-electron chi connectivity index (χ4n) is 1.04. The van der Waals surface area contributed by atoms with Crippen molar-refractivity contribution in [2.45, 2.75) is 0 Å². The second kappa shape index (κ2) is 6.23. The van der Waals surface area contributed by atoms with E-state index in [1.54, 1.807) is 12.1 Å². The molecule has 0 saturated heterocycles. The zero-order valence-corrected chi connectivity index (χ0v) is 10.4. The summed E-state index contributed by atoms with van der Waals surface area (Å²) >= 11 is 11.1. The number of carboxylic acid groups (broad SMARTS) is 1. The van der Waals surface area contributed by atoms with Gasteiger partial charge >= 0.3 is 5.97 Å². The van der Waals surface area contributed by atoms with Crippen molar-refractivity contribution >= 4 is 35.0 Å². The van der Waals surface area contributed by atoms with Gasteiger partial charge in [-0.1, -0.05) is 23.2 Å². The van der Waals surface area contributed by atoms with Crippen molar-refractivity contribution in [2.75, 3.05) is 0 Å². The molecule has 2 N–H and O–H groups in total. The Morgan fingerprint density at radius 1 is 1.06 bits per heavy atom. The molecular weight excluding hydrogens is 279 g/mol. The van der Waals surface area contributed by atoms with Crippen LogP contribution >= 0.6 is 23.2 Å². The van der Waals surface area contributed by atoms with Crippen molar-refractivity contribution in [2.24, 2.45) is 0 Å². The van der Waals surface area contributed by atoms with Gasteiger partial charge in [0.05, 0.1) is 5.03 Å². The Hall–Kier alpha value is -1.78. The van der Waals surface area contributed by atoms with Gasteiger partial charge in [-0.25, -0.2) is 4.79 Å². The van der Waals surface area contributed by atoms with Crippen molar-refractivity contribution < 1.29 is 19.8 Å². The number of rotatable bonds is 4. The van der Waals surface area contributed by atoms with Crippen LogP contribution in [0.15, 0.2) is 47.2 Å². The summed E-state index contributed by atoms with van der Waals surface area (Å²) in [5, 5.41) is 17.5. The fourth-order valence-corrected chi connectivity index (χ4v) is 1.31. The molecule has 4 nitrogen and oxygen atoms in total. The monoisotopic (exact) mass is 286 g/mol. The number of carbonyl (C=O) groups is 2. The number of ketones is 1. The van der Waals surface area contributed by atoms with Crippen LogP contribution in [0, 0.1) is 0 Å². The summed E-state index contributed by atoms with van der Waals surface area (Å²) in [6.07, 6.45) is 2.08. The maximum absolute atomic E-state index is 11.6. The summed E-state index contributed by atoms with van der Waals surface area (Å²) in [6.45, 7) is 0. The van der Waals surface area contributed by atoms with Crippen molar-refractivity contribution in [3.8, 4) is 0 Å². The molecule has 0 aliphatic carbocycles. The van der Waals surface area contributed by atoms with Gasteiger partial charge in [-0.2, -0.15) is 0 Å². The summed E-state index contributed by atoms with van der Waals surface area (Å²) in [6, 6.07) is 6.14. The maximum atomic E-state index is 11.6. The van der Waals surface area contributed by atoms with Crippen LogP contribution in [0.2, 0.25) is 5.02 Å². The van der Waals surface area contributed by atoms with Crippen LogP contribution < -0.4 is 0 Å². The summed E-state index contributed by atoms with van der Waals surface area (Å²) in [4.78, 5) is 22.0. The van der Waals surface area contributed by atoms with Gasteiger partial charge in [0.1, 0.15) is 0 Å². The van der Waals surface area contributed by atoms with Crippen LogP contribution in [-0.2, 0) is 4.79 Å². The standard InChI is InChI=1S/C12H8Cl2O4/c13-8-3-1-7(2-4-8)10(15)6-5-9(14)11(16)12(17)18/h1-6,16H,(H,17,18). The van der Waals surface area contributed by atoms with Crippen LogP contribution in [0.25, 0.3) is 0 Å². The highest BCUT2D eigenvalue weighted by molar-refractivity contribution is 6.33. The zero-order chi connectivity index (χ0) is 13.7. The molecule has 6 heteroatoms. The van der Waals surface area contributed by atoms with Gasteiger partial charge in [-0.15, -0.1) is 0 Å². The van der Waals surface area contributed by atoms with Gasteiger partial charge in [-0.05, 0) is 36.4 Å². The Bertz CT molecular complexity index is 530. The lowest BCUT2D eigenvalue weighted by Crippen LogP contribution is -2.00. The normalized spacial score (nSPS) is 12.3. The van der Waals surface area contributed by atoms with E-state index in [0.717, 1.165) is 12.2 Å². The predicted octanol–water partition coefficient (Wildman–Crippen LogP) is 3.17. The molecule has 0 atom stereocenters. The molecule has 0 aromatic heterocycles. The molecule has 0 amide bonds. The minimum Gasteiger partial charge on any atom is -0.501 e. The topological polar surface area (TPSA) is 74.6 Å². The molecule has 1 aromatic carbocycles. The number of hydrogen-bond acceptors (Lipinski definition) is 3. The van der Waals surface area contributed by atoms with E-state index in [2.05, 4.69) is 0 Å². The molecule has 0 bridgehead atoms. The fraction of sp³-hybridized carbons (Fsp3) is 0. The highest BCUT2D eigenvalue weighted by atomic mass is 35.5. The number of halogens is 2. The van der Waals surface area contributed by atoms with Gasteiger partial charge < -0.3 is 10.2 Å². The summed E-state index contributed by atoms with van der Waals surface area (Å²) in [5.41, 5.74) is 0.370. The van der Waals surface area contributed by atoms with Crippen LogP contribution in [0.1, 0.15) is 10.4 Å². The second-order valence-electron chi connectivity index (χ2n) is 3.21. The summed E-state index contributed by atoms with van der Waals surface area (Å²) < 4.78 is 0. The zero-order valence-electron chi connectivity index (χ0n) is 8.93. The quantitative estimate of drug-likeness (QED) is 0.386. The third-order valence-corrected chi connectivity index (χ3v) is 2.50. The van der Waals surface area contributed by atoms with E-state index in [1.807, 2.05) is 0 Å². The van der Waals surface area contributed by atoms with Crippen LogP contribution in [-0.4, -0.2) is 22.0 Å². The Kier molecular flexibility index (Phi) is 4.95. The molecule has 0 fully saturated rings. The van der Waals surface area contributed by atoms with E-state index in [4.69, 9.17) is 33.4 Å². The predicted molar refractivity (Wildman–Crippen MR) is 68.1 cm³/mol. The number of aliphatic carboxylic acids is 1. The van der Waals surface area contributed by atoms with Gasteiger partial charge in [-0.3, -0.25) is 4.79 Å². The minimum absolute atomic E-state index is 0.370. The number of hydrogen-bond donors (Lipinski definition) is 2. The molecular formula is C12H8Cl2O4. The number of aliphatic hydroxyl groups is 1. The SMILES string of the molecule is O=C(O)C(O)=C(Cl)C=CC(=O)c1ccc(Cl)cc1. The van der Waals surface area contributed by atoms with Crippen molar-refractivity contribution in [3.63, 3.8) is 0 Å². The highest BCUT2D eigenvalue weighted by Gasteiger charge is 2.09. The third kappa shape index (κ3) is 3.91. The molecule has 0 saturated carbocycles. The van der Waals surface area contributed by atoms with E-state index < -0.39 is 16.8 Å². The van der Waals surface area contributed by atoms with Crippen LogP contribution in [0.3, 0.4) is 0 Å². The molecule has 18 heavy (non-hydrogen) atoms. The highest BCUT2D eigenvalue weighted by Crippen LogP contribution is 2.12. The van der Waals surface area contributed by atoms with E-state index >= 15 is 0 Å². The first kappa shape index (κ1) is 14.3.